The highest BCUT2D eigenvalue weighted by Gasteiger charge is 2.42. The van der Waals surface area contributed by atoms with E-state index in [-0.39, 0.29) is 12.6 Å². The van der Waals surface area contributed by atoms with Crippen LogP contribution in [-0.2, 0) is 4.79 Å². The minimum absolute atomic E-state index is 0.158. The van der Waals surface area contributed by atoms with E-state index in [0.717, 1.165) is 30.9 Å². The van der Waals surface area contributed by atoms with Crippen LogP contribution in [0, 0.1) is 11.3 Å². The van der Waals surface area contributed by atoms with Crippen LogP contribution < -0.4 is 15.0 Å². The van der Waals surface area contributed by atoms with Crippen molar-refractivity contribution in [3.63, 3.8) is 0 Å². The fourth-order valence-corrected chi connectivity index (χ4v) is 3.69. The van der Waals surface area contributed by atoms with Crippen molar-refractivity contribution in [2.45, 2.75) is 19.8 Å². The second kappa shape index (κ2) is 7.43. The number of methoxy groups -OCH3 is 1. The predicted molar refractivity (Wildman–Crippen MR) is 98.6 cm³/mol. The molecule has 0 aromatic heterocycles. The third-order valence-electron chi connectivity index (χ3n) is 5.52. The molecule has 0 aliphatic carbocycles. The van der Waals surface area contributed by atoms with Gasteiger partial charge in [0.1, 0.15) is 5.75 Å². The van der Waals surface area contributed by atoms with Crippen molar-refractivity contribution < 1.29 is 19.4 Å². The molecule has 2 atom stereocenters. The summed E-state index contributed by atoms with van der Waals surface area (Å²) in [6.07, 6.45) is 1.52. The predicted octanol–water partition coefficient (Wildman–Crippen LogP) is 2.03. The molecule has 1 aromatic rings. The number of likely N-dealkylation sites (tertiary alicyclic amines) is 1. The van der Waals surface area contributed by atoms with Gasteiger partial charge in [0.15, 0.2) is 0 Å². The van der Waals surface area contributed by atoms with E-state index in [2.05, 4.69) is 16.3 Å². The van der Waals surface area contributed by atoms with Gasteiger partial charge in [0.25, 0.3) is 0 Å². The number of carboxylic acid groups (broad SMARTS) is 1. The zero-order valence-electron chi connectivity index (χ0n) is 15.4. The molecule has 3 rings (SSSR count). The maximum absolute atomic E-state index is 12.3. The average Bonchev–Trinajstić information content (AvgIpc) is 3.27. The SMILES string of the molecule is COc1cccc(N2CCC(CNC(=O)N3CCC(C)(C(=O)O)C3)C2)c1. The smallest absolute Gasteiger partial charge is 0.317 e. The van der Waals surface area contributed by atoms with Crippen LogP contribution in [0.5, 0.6) is 5.75 Å². The zero-order valence-corrected chi connectivity index (χ0v) is 15.4. The third kappa shape index (κ3) is 3.86. The number of nitrogens with zero attached hydrogens (tertiary/aromatic N) is 2. The minimum atomic E-state index is -0.836. The van der Waals surface area contributed by atoms with Gasteiger partial charge in [-0.25, -0.2) is 4.79 Å². The average molecular weight is 361 g/mol. The number of ether oxygens (including phenoxy) is 1. The zero-order chi connectivity index (χ0) is 18.7. The van der Waals surface area contributed by atoms with Crippen molar-refractivity contribution in [2.75, 3.05) is 44.7 Å². The summed E-state index contributed by atoms with van der Waals surface area (Å²) in [5.74, 6) is 0.394. The molecule has 1 aromatic carbocycles. The summed E-state index contributed by atoms with van der Waals surface area (Å²) in [7, 11) is 1.66. The van der Waals surface area contributed by atoms with Gasteiger partial charge in [-0.1, -0.05) is 6.07 Å². The summed E-state index contributed by atoms with van der Waals surface area (Å²) in [5, 5.41) is 12.3. The van der Waals surface area contributed by atoms with Crippen LogP contribution in [-0.4, -0.2) is 61.8 Å². The number of carboxylic acids is 1. The quantitative estimate of drug-likeness (QED) is 0.839. The van der Waals surface area contributed by atoms with Gasteiger partial charge in [-0.3, -0.25) is 4.79 Å². The molecule has 7 nitrogen and oxygen atoms in total. The van der Waals surface area contributed by atoms with Crippen molar-refractivity contribution >= 4 is 17.7 Å². The molecule has 26 heavy (non-hydrogen) atoms. The fourth-order valence-electron chi connectivity index (χ4n) is 3.69. The fraction of sp³-hybridized carbons (Fsp3) is 0.579. The summed E-state index contributed by atoms with van der Waals surface area (Å²) in [4.78, 5) is 27.6. The maximum atomic E-state index is 12.3. The molecule has 2 N–H and O–H groups in total. The van der Waals surface area contributed by atoms with E-state index in [9.17, 15) is 14.7 Å². The summed E-state index contributed by atoms with van der Waals surface area (Å²) in [5.41, 5.74) is 0.309. The molecule has 2 saturated heterocycles. The van der Waals surface area contributed by atoms with E-state index in [1.54, 1.807) is 18.9 Å². The Kier molecular flexibility index (Phi) is 5.25. The minimum Gasteiger partial charge on any atom is -0.497 e. The van der Waals surface area contributed by atoms with Gasteiger partial charge in [-0.15, -0.1) is 0 Å². The van der Waals surface area contributed by atoms with Gasteiger partial charge in [0, 0.05) is 44.5 Å². The van der Waals surface area contributed by atoms with Gasteiger partial charge < -0.3 is 25.0 Å². The Bertz CT molecular complexity index is 681. The van der Waals surface area contributed by atoms with E-state index in [4.69, 9.17) is 4.74 Å². The first-order chi connectivity index (χ1) is 12.4. The molecule has 2 heterocycles. The van der Waals surface area contributed by atoms with Crippen molar-refractivity contribution in [2.24, 2.45) is 11.3 Å². The normalized spacial score (nSPS) is 25.4. The lowest BCUT2D eigenvalue weighted by Gasteiger charge is -2.22. The second-order valence-corrected chi connectivity index (χ2v) is 7.53. The number of amides is 2. The van der Waals surface area contributed by atoms with Crippen LogP contribution in [0.2, 0.25) is 0 Å². The third-order valence-corrected chi connectivity index (χ3v) is 5.52. The van der Waals surface area contributed by atoms with Gasteiger partial charge in [-0.05, 0) is 37.8 Å². The molecular weight excluding hydrogens is 334 g/mol. The lowest BCUT2D eigenvalue weighted by Crippen LogP contribution is -2.42. The molecule has 0 saturated carbocycles. The Hall–Kier alpha value is -2.44. The number of anilines is 1. The highest BCUT2D eigenvalue weighted by atomic mass is 16.5. The van der Waals surface area contributed by atoms with Gasteiger partial charge >= 0.3 is 12.0 Å². The van der Waals surface area contributed by atoms with Gasteiger partial charge in [-0.2, -0.15) is 0 Å². The molecule has 2 amide bonds. The number of nitrogens with one attached hydrogen (secondary N) is 1. The molecular formula is C19H27N3O4. The monoisotopic (exact) mass is 361 g/mol. The number of carbonyl (C=O) groups excluding carboxylic acids is 1. The lowest BCUT2D eigenvalue weighted by atomic mass is 9.90. The van der Waals surface area contributed by atoms with E-state index in [1.807, 2.05) is 18.2 Å². The molecule has 2 aliphatic heterocycles. The van der Waals surface area contributed by atoms with Crippen molar-refractivity contribution in [1.29, 1.82) is 0 Å². The molecule has 2 aliphatic rings. The van der Waals surface area contributed by atoms with Crippen molar-refractivity contribution in [3.8, 4) is 5.75 Å². The first-order valence-electron chi connectivity index (χ1n) is 9.06. The summed E-state index contributed by atoms with van der Waals surface area (Å²) in [6, 6.07) is 7.85. The van der Waals surface area contributed by atoms with Crippen LogP contribution in [0.4, 0.5) is 10.5 Å². The van der Waals surface area contributed by atoms with Crippen LogP contribution >= 0.6 is 0 Å². The van der Waals surface area contributed by atoms with E-state index in [1.165, 1.54) is 0 Å². The Morgan fingerprint density at radius 2 is 2.19 bits per heavy atom. The molecule has 2 fully saturated rings. The summed E-state index contributed by atoms with van der Waals surface area (Å²) in [6.45, 7) is 4.92. The number of benzene rings is 1. The molecule has 142 valence electrons. The highest BCUT2D eigenvalue weighted by Crippen LogP contribution is 2.30. The van der Waals surface area contributed by atoms with Crippen LogP contribution in [0.25, 0.3) is 0 Å². The van der Waals surface area contributed by atoms with Gasteiger partial charge in [0.05, 0.1) is 12.5 Å². The maximum Gasteiger partial charge on any atom is 0.317 e. The van der Waals surface area contributed by atoms with E-state index < -0.39 is 11.4 Å². The topological polar surface area (TPSA) is 82.1 Å². The largest absolute Gasteiger partial charge is 0.497 e. The number of rotatable bonds is 5. The van der Waals surface area contributed by atoms with E-state index in [0.29, 0.717) is 25.4 Å². The summed E-state index contributed by atoms with van der Waals surface area (Å²) < 4.78 is 5.28. The molecule has 0 bridgehead atoms. The molecule has 0 spiro atoms. The Morgan fingerprint density at radius 1 is 1.38 bits per heavy atom. The highest BCUT2D eigenvalue weighted by molar-refractivity contribution is 5.79. The number of hydrogen-bond acceptors (Lipinski definition) is 4. The Balaban J connectivity index is 1.47. The van der Waals surface area contributed by atoms with Crippen LogP contribution in [0.15, 0.2) is 24.3 Å². The number of carbonyl (C=O) groups is 2. The first-order valence-corrected chi connectivity index (χ1v) is 9.06. The van der Waals surface area contributed by atoms with Gasteiger partial charge in [0.2, 0.25) is 0 Å². The van der Waals surface area contributed by atoms with Crippen LogP contribution in [0.1, 0.15) is 19.8 Å². The number of aliphatic carboxylic acids is 1. The number of hydrogen-bond donors (Lipinski definition) is 2. The Morgan fingerprint density at radius 3 is 2.88 bits per heavy atom. The molecule has 7 heteroatoms. The number of urea groups is 1. The Labute approximate surface area is 153 Å². The lowest BCUT2D eigenvalue weighted by molar-refractivity contribution is -0.147. The van der Waals surface area contributed by atoms with E-state index >= 15 is 0 Å². The van der Waals surface area contributed by atoms with Crippen molar-refractivity contribution in [3.05, 3.63) is 24.3 Å². The molecule has 0 radical (unpaired) electrons. The van der Waals surface area contributed by atoms with Crippen LogP contribution in [0.3, 0.4) is 0 Å². The molecule has 2 unspecified atom stereocenters. The standard InChI is InChI=1S/C19H27N3O4/c1-19(17(23)24)7-9-22(13-19)18(25)20-11-14-6-8-21(12-14)15-4-3-5-16(10-15)26-2/h3-5,10,14H,6-9,11-13H2,1-2H3,(H,20,25)(H,23,24). The van der Waals surface area contributed by atoms with Crippen molar-refractivity contribution in [1.82, 2.24) is 10.2 Å². The first kappa shape index (κ1) is 18.4. The second-order valence-electron chi connectivity index (χ2n) is 7.53. The summed E-state index contributed by atoms with van der Waals surface area (Å²) >= 11 is 0.